The molecule has 4 rings (SSSR count). The second-order valence-electron chi connectivity index (χ2n) is 6.50. The molecular weight excluding hydrogens is 302 g/mol. The molecule has 0 radical (unpaired) electrons. The lowest BCUT2D eigenvalue weighted by Crippen LogP contribution is -2.27. The molecule has 1 unspecified atom stereocenters. The number of fused-ring (bicyclic) bond motifs is 2. The van der Waals surface area contributed by atoms with E-state index in [0.29, 0.717) is 18.0 Å². The van der Waals surface area contributed by atoms with Gasteiger partial charge in [-0.3, -0.25) is 4.79 Å². The number of nitrogens with zero attached hydrogens (tertiary/aromatic N) is 2. The van der Waals surface area contributed by atoms with Crippen LogP contribution in [0.15, 0.2) is 42.5 Å². The molecule has 122 valence electrons. The number of carbonyl (C=O) groups excluding carboxylic acids is 1. The maximum absolute atomic E-state index is 12.5. The predicted molar refractivity (Wildman–Crippen MR) is 92.0 cm³/mol. The van der Waals surface area contributed by atoms with Gasteiger partial charge in [-0.15, -0.1) is 0 Å². The van der Waals surface area contributed by atoms with Crippen molar-refractivity contribution in [2.24, 2.45) is 0 Å². The lowest BCUT2D eigenvalue weighted by molar-refractivity contribution is -0.137. The van der Waals surface area contributed by atoms with Gasteiger partial charge in [0.2, 0.25) is 0 Å². The molecule has 0 amide bonds. The topological polar surface area (TPSA) is 58.2 Å². The number of nitrogens with one attached hydrogen (secondary N) is 1. The Hall–Kier alpha value is -2.66. The van der Waals surface area contributed by atoms with Crippen LogP contribution in [-0.2, 0) is 17.8 Å². The summed E-state index contributed by atoms with van der Waals surface area (Å²) in [7, 11) is 4.03. The van der Waals surface area contributed by atoms with Crippen molar-refractivity contribution >= 4 is 17.0 Å². The van der Waals surface area contributed by atoms with Crippen molar-refractivity contribution in [2.75, 3.05) is 14.1 Å². The number of ether oxygens (including phenoxy) is 1. The zero-order valence-electron chi connectivity index (χ0n) is 13.7. The number of hydrogen-bond acceptors (Lipinski definition) is 4. The van der Waals surface area contributed by atoms with Gasteiger partial charge in [0, 0.05) is 6.54 Å². The van der Waals surface area contributed by atoms with Crippen molar-refractivity contribution in [3.8, 4) is 5.75 Å². The lowest BCUT2D eigenvalue weighted by Gasteiger charge is -2.23. The number of para-hydroxylation sites is 2. The first-order valence-corrected chi connectivity index (χ1v) is 8.03. The normalized spacial score (nSPS) is 17.1. The largest absolute Gasteiger partial charge is 0.426 e. The summed E-state index contributed by atoms with van der Waals surface area (Å²) in [6.45, 7) is 0.817. The molecule has 1 aliphatic rings. The van der Waals surface area contributed by atoms with Gasteiger partial charge in [-0.05, 0) is 49.8 Å². The van der Waals surface area contributed by atoms with Crippen LogP contribution in [0.25, 0.3) is 11.0 Å². The van der Waals surface area contributed by atoms with Gasteiger partial charge >= 0.3 is 5.97 Å². The summed E-state index contributed by atoms with van der Waals surface area (Å²) in [5, 5.41) is 0. The van der Waals surface area contributed by atoms with E-state index in [2.05, 4.69) is 27.0 Å². The summed E-state index contributed by atoms with van der Waals surface area (Å²) in [5.74, 6) is 0.712. The monoisotopic (exact) mass is 321 g/mol. The smallest absolute Gasteiger partial charge is 0.322 e. The summed E-state index contributed by atoms with van der Waals surface area (Å²) in [4.78, 5) is 22.4. The molecule has 0 saturated heterocycles. The van der Waals surface area contributed by atoms with Crippen LogP contribution >= 0.6 is 0 Å². The molecule has 5 heteroatoms. The average molecular weight is 321 g/mol. The van der Waals surface area contributed by atoms with Crippen molar-refractivity contribution < 1.29 is 9.53 Å². The Balaban J connectivity index is 1.65. The van der Waals surface area contributed by atoms with Crippen LogP contribution in [0.4, 0.5) is 0 Å². The quantitative estimate of drug-likeness (QED) is 0.595. The third-order valence-corrected chi connectivity index (χ3v) is 4.29. The number of carbonyl (C=O) groups is 1. The van der Waals surface area contributed by atoms with Crippen LogP contribution in [0, 0.1) is 0 Å². The van der Waals surface area contributed by atoms with Gasteiger partial charge in [-0.1, -0.05) is 24.3 Å². The number of aromatic nitrogens is 2. The highest BCUT2D eigenvalue weighted by Gasteiger charge is 2.32. The van der Waals surface area contributed by atoms with Crippen LogP contribution in [0.1, 0.15) is 22.9 Å². The van der Waals surface area contributed by atoms with E-state index in [1.54, 1.807) is 0 Å². The Bertz CT molecular complexity index is 881. The highest BCUT2D eigenvalue weighted by atomic mass is 16.5. The number of rotatable bonds is 3. The second-order valence-corrected chi connectivity index (χ2v) is 6.50. The SMILES string of the molecule is CN(C)Cc1ccc2c(c1)OC(=O)C(c1nc3ccccc3[nH]1)C2. The van der Waals surface area contributed by atoms with Gasteiger partial charge in [-0.2, -0.15) is 0 Å². The molecule has 0 spiro atoms. The minimum atomic E-state index is -0.385. The van der Waals surface area contributed by atoms with Crippen LogP contribution in [0.3, 0.4) is 0 Å². The molecule has 1 atom stereocenters. The number of benzene rings is 2. The lowest BCUT2D eigenvalue weighted by atomic mass is 9.94. The van der Waals surface area contributed by atoms with Gasteiger partial charge < -0.3 is 14.6 Å². The van der Waals surface area contributed by atoms with Crippen LogP contribution < -0.4 is 4.74 Å². The Labute approximate surface area is 140 Å². The predicted octanol–water partition coefficient (Wildman–Crippen LogP) is 2.87. The first-order valence-electron chi connectivity index (χ1n) is 8.03. The molecule has 24 heavy (non-hydrogen) atoms. The van der Waals surface area contributed by atoms with Crippen molar-refractivity contribution in [2.45, 2.75) is 18.9 Å². The van der Waals surface area contributed by atoms with E-state index in [4.69, 9.17) is 4.74 Å². The molecule has 1 aromatic heterocycles. The zero-order valence-corrected chi connectivity index (χ0v) is 13.7. The van der Waals surface area contributed by atoms with Gasteiger partial charge in [0.15, 0.2) is 0 Å². The molecule has 1 N–H and O–H groups in total. The van der Waals surface area contributed by atoms with Gasteiger partial charge in [0.25, 0.3) is 0 Å². The molecule has 2 heterocycles. The van der Waals surface area contributed by atoms with E-state index < -0.39 is 0 Å². The molecule has 3 aromatic rings. The fourth-order valence-corrected chi connectivity index (χ4v) is 3.15. The van der Waals surface area contributed by atoms with Crippen molar-refractivity contribution in [1.82, 2.24) is 14.9 Å². The van der Waals surface area contributed by atoms with Crippen molar-refractivity contribution in [3.05, 3.63) is 59.4 Å². The number of imidazole rings is 1. The molecule has 0 bridgehead atoms. The third kappa shape index (κ3) is 2.67. The van der Waals surface area contributed by atoms with Gasteiger partial charge in [0.1, 0.15) is 17.5 Å². The van der Waals surface area contributed by atoms with Crippen LogP contribution in [0.5, 0.6) is 5.75 Å². The van der Waals surface area contributed by atoms with Gasteiger partial charge in [-0.25, -0.2) is 4.98 Å². The summed E-state index contributed by atoms with van der Waals surface area (Å²) in [5.41, 5.74) is 3.98. The fraction of sp³-hybridized carbons (Fsp3) is 0.263. The highest BCUT2D eigenvalue weighted by Crippen LogP contribution is 2.33. The number of aromatic amines is 1. The molecule has 1 aliphatic heterocycles. The van der Waals surface area contributed by atoms with Crippen LogP contribution in [-0.4, -0.2) is 34.9 Å². The minimum Gasteiger partial charge on any atom is -0.426 e. The fourth-order valence-electron chi connectivity index (χ4n) is 3.15. The minimum absolute atomic E-state index is 0.247. The second kappa shape index (κ2) is 5.76. The molecular formula is C19H19N3O2. The molecule has 0 saturated carbocycles. The summed E-state index contributed by atoms with van der Waals surface area (Å²) >= 11 is 0. The standard InChI is InChI=1S/C19H19N3O2/c1-22(2)11-12-7-8-13-10-14(19(23)24-17(13)9-12)18-20-15-5-3-4-6-16(15)21-18/h3-9,14H,10-11H2,1-2H3,(H,20,21). The summed E-state index contributed by atoms with van der Waals surface area (Å²) in [6.07, 6.45) is 0.607. The molecule has 0 fully saturated rings. The first-order chi connectivity index (χ1) is 11.6. The first kappa shape index (κ1) is 14.9. The molecule has 2 aromatic carbocycles. The zero-order chi connectivity index (χ0) is 16.7. The Morgan fingerprint density at radius 3 is 2.88 bits per heavy atom. The van der Waals surface area contributed by atoms with Gasteiger partial charge in [0.05, 0.1) is 11.0 Å². The van der Waals surface area contributed by atoms with Crippen molar-refractivity contribution in [3.63, 3.8) is 0 Å². The van der Waals surface area contributed by atoms with Crippen molar-refractivity contribution in [1.29, 1.82) is 0 Å². The number of H-pyrrole nitrogens is 1. The Morgan fingerprint density at radius 1 is 1.25 bits per heavy atom. The van der Waals surface area contributed by atoms with E-state index in [9.17, 15) is 4.79 Å². The molecule has 5 nitrogen and oxygen atoms in total. The highest BCUT2D eigenvalue weighted by molar-refractivity contribution is 5.84. The average Bonchev–Trinajstić information content (AvgIpc) is 2.97. The Kier molecular flexibility index (Phi) is 3.58. The number of esters is 1. The van der Waals surface area contributed by atoms with E-state index in [-0.39, 0.29) is 11.9 Å². The summed E-state index contributed by atoms with van der Waals surface area (Å²) in [6, 6.07) is 13.9. The van der Waals surface area contributed by atoms with E-state index in [0.717, 1.165) is 28.7 Å². The third-order valence-electron chi connectivity index (χ3n) is 4.29. The Morgan fingerprint density at radius 2 is 2.08 bits per heavy atom. The molecule has 0 aliphatic carbocycles. The van der Waals surface area contributed by atoms with E-state index in [1.165, 1.54) is 0 Å². The van der Waals surface area contributed by atoms with E-state index >= 15 is 0 Å². The maximum Gasteiger partial charge on any atom is 0.322 e. The van der Waals surface area contributed by atoms with E-state index in [1.807, 2.05) is 44.4 Å². The summed E-state index contributed by atoms with van der Waals surface area (Å²) < 4.78 is 5.60. The number of hydrogen-bond donors (Lipinski definition) is 1. The van der Waals surface area contributed by atoms with Crippen LogP contribution in [0.2, 0.25) is 0 Å². The maximum atomic E-state index is 12.5.